The van der Waals surface area contributed by atoms with Crippen molar-refractivity contribution < 1.29 is 9.59 Å². The number of para-hydroxylation sites is 1. The zero-order chi connectivity index (χ0) is 23.4. The second kappa shape index (κ2) is 9.67. The van der Waals surface area contributed by atoms with E-state index in [2.05, 4.69) is 15.6 Å². The number of aromatic nitrogens is 2. The van der Waals surface area contributed by atoms with Gasteiger partial charge in [0.2, 0.25) is 5.91 Å². The smallest absolute Gasteiger partial charge is 0.261 e. The SMILES string of the molecule is CC(NC(=O)c1ccccc1NC(=O)Cn1cnc2ccc(Cl)cc2c1=O)c1ccccc1. The monoisotopic (exact) mass is 460 g/mol. The van der Waals surface area contributed by atoms with Crippen molar-refractivity contribution in [1.29, 1.82) is 0 Å². The topological polar surface area (TPSA) is 93.1 Å². The van der Waals surface area contributed by atoms with E-state index in [0.29, 0.717) is 27.2 Å². The second-order valence-corrected chi connectivity index (χ2v) is 7.98. The molecule has 166 valence electrons. The summed E-state index contributed by atoms with van der Waals surface area (Å²) in [6.07, 6.45) is 1.32. The minimum atomic E-state index is -0.461. The molecule has 0 saturated carbocycles. The predicted octanol–water partition coefficient (Wildman–Crippen LogP) is 4.18. The van der Waals surface area contributed by atoms with Crippen molar-refractivity contribution in [3.63, 3.8) is 0 Å². The summed E-state index contributed by atoms with van der Waals surface area (Å²) < 4.78 is 1.20. The number of halogens is 1. The van der Waals surface area contributed by atoms with Crippen LogP contribution in [0, 0.1) is 0 Å². The Morgan fingerprint density at radius 2 is 1.76 bits per heavy atom. The van der Waals surface area contributed by atoms with Gasteiger partial charge in [0.1, 0.15) is 6.54 Å². The average molecular weight is 461 g/mol. The first-order valence-corrected chi connectivity index (χ1v) is 10.7. The molecular weight excluding hydrogens is 440 g/mol. The third-order valence-electron chi connectivity index (χ3n) is 5.19. The van der Waals surface area contributed by atoms with E-state index in [9.17, 15) is 14.4 Å². The summed E-state index contributed by atoms with van der Waals surface area (Å²) in [6, 6.07) is 20.9. The molecule has 8 heteroatoms. The zero-order valence-electron chi connectivity index (χ0n) is 17.8. The Morgan fingerprint density at radius 1 is 1.03 bits per heavy atom. The Labute approximate surface area is 195 Å². The number of nitrogens with zero attached hydrogens (tertiary/aromatic N) is 2. The summed E-state index contributed by atoms with van der Waals surface area (Å²) in [5, 5.41) is 6.41. The van der Waals surface area contributed by atoms with Gasteiger partial charge >= 0.3 is 0 Å². The quantitative estimate of drug-likeness (QED) is 0.451. The summed E-state index contributed by atoms with van der Waals surface area (Å²) in [5.74, 6) is -0.780. The Bertz CT molecular complexity index is 1390. The van der Waals surface area contributed by atoms with E-state index < -0.39 is 5.91 Å². The first-order valence-electron chi connectivity index (χ1n) is 10.3. The van der Waals surface area contributed by atoms with Gasteiger partial charge in [-0.2, -0.15) is 0 Å². The van der Waals surface area contributed by atoms with Gasteiger partial charge in [-0.15, -0.1) is 0 Å². The van der Waals surface area contributed by atoms with Crippen molar-refractivity contribution in [2.45, 2.75) is 19.5 Å². The number of fused-ring (bicyclic) bond motifs is 1. The summed E-state index contributed by atoms with van der Waals surface area (Å²) in [4.78, 5) is 42.5. The van der Waals surface area contributed by atoms with Crippen LogP contribution in [0.25, 0.3) is 10.9 Å². The molecule has 0 bridgehead atoms. The van der Waals surface area contributed by atoms with E-state index >= 15 is 0 Å². The Balaban J connectivity index is 1.50. The lowest BCUT2D eigenvalue weighted by Crippen LogP contribution is -2.30. The van der Waals surface area contributed by atoms with Gasteiger partial charge in [-0.1, -0.05) is 54.1 Å². The lowest BCUT2D eigenvalue weighted by molar-refractivity contribution is -0.116. The van der Waals surface area contributed by atoms with Crippen LogP contribution in [0.15, 0.2) is 83.9 Å². The van der Waals surface area contributed by atoms with E-state index in [1.54, 1.807) is 36.4 Å². The van der Waals surface area contributed by atoms with Crippen LogP contribution in [0.1, 0.15) is 28.9 Å². The van der Waals surface area contributed by atoms with Crippen molar-refractivity contribution in [3.8, 4) is 0 Å². The molecule has 2 N–H and O–H groups in total. The number of benzene rings is 3. The van der Waals surface area contributed by atoms with Crippen molar-refractivity contribution >= 4 is 40.0 Å². The third kappa shape index (κ3) is 5.10. The minimum Gasteiger partial charge on any atom is -0.345 e. The Morgan fingerprint density at radius 3 is 2.55 bits per heavy atom. The summed E-state index contributed by atoms with van der Waals surface area (Å²) >= 11 is 5.99. The number of hydrogen-bond acceptors (Lipinski definition) is 4. The molecule has 33 heavy (non-hydrogen) atoms. The Hall–Kier alpha value is -3.97. The zero-order valence-corrected chi connectivity index (χ0v) is 18.5. The summed E-state index contributed by atoms with van der Waals surface area (Å²) in [7, 11) is 0. The molecule has 1 heterocycles. The fourth-order valence-electron chi connectivity index (χ4n) is 3.48. The van der Waals surface area contributed by atoms with Gasteiger partial charge in [0.25, 0.3) is 11.5 Å². The molecule has 1 unspecified atom stereocenters. The molecule has 1 atom stereocenters. The van der Waals surface area contributed by atoms with Crippen LogP contribution in [0.3, 0.4) is 0 Å². The molecule has 4 rings (SSSR count). The average Bonchev–Trinajstić information content (AvgIpc) is 2.82. The van der Waals surface area contributed by atoms with E-state index in [0.717, 1.165) is 5.56 Å². The van der Waals surface area contributed by atoms with Gasteiger partial charge in [-0.05, 0) is 42.8 Å². The van der Waals surface area contributed by atoms with Crippen molar-refractivity contribution in [3.05, 3.63) is 106 Å². The number of carbonyl (C=O) groups is 2. The van der Waals surface area contributed by atoms with E-state index in [1.807, 2.05) is 37.3 Å². The molecule has 0 saturated heterocycles. The predicted molar refractivity (Wildman–Crippen MR) is 128 cm³/mol. The molecule has 2 amide bonds. The number of rotatable bonds is 6. The molecule has 1 aromatic heterocycles. The van der Waals surface area contributed by atoms with Crippen LogP contribution in [0.5, 0.6) is 0 Å². The second-order valence-electron chi connectivity index (χ2n) is 7.54. The third-order valence-corrected chi connectivity index (χ3v) is 5.43. The fraction of sp³-hybridized carbons (Fsp3) is 0.120. The number of nitrogens with one attached hydrogen (secondary N) is 2. The van der Waals surface area contributed by atoms with E-state index in [4.69, 9.17) is 11.6 Å². The van der Waals surface area contributed by atoms with Gasteiger partial charge in [0, 0.05) is 5.02 Å². The van der Waals surface area contributed by atoms with Gasteiger partial charge in [-0.3, -0.25) is 19.0 Å². The maximum Gasteiger partial charge on any atom is 0.261 e. The maximum atomic E-state index is 12.9. The van der Waals surface area contributed by atoms with E-state index in [-0.39, 0.29) is 24.1 Å². The number of carbonyl (C=O) groups excluding carboxylic acids is 2. The van der Waals surface area contributed by atoms with Crippen LogP contribution in [0.4, 0.5) is 5.69 Å². The lowest BCUT2D eigenvalue weighted by atomic mass is 10.1. The first kappa shape index (κ1) is 22.2. The highest BCUT2D eigenvalue weighted by Gasteiger charge is 2.16. The van der Waals surface area contributed by atoms with Gasteiger partial charge < -0.3 is 10.6 Å². The molecule has 4 aromatic rings. The van der Waals surface area contributed by atoms with Gasteiger partial charge in [-0.25, -0.2) is 4.98 Å². The lowest BCUT2D eigenvalue weighted by Gasteiger charge is -2.16. The molecule has 7 nitrogen and oxygen atoms in total. The molecule has 0 fully saturated rings. The molecule has 0 radical (unpaired) electrons. The standard InChI is InChI=1S/C25H21ClN4O3/c1-16(17-7-3-2-4-8-17)28-24(32)19-9-5-6-10-22(19)29-23(31)14-30-15-27-21-12-11-18(26)13-20(21)25(30)33/h2-13,15-16H,14H2,1H3,(H,28,32)(H,29,31). The van der Waals surface area contributed by atoms with Crippen molar-refractivity contribution in [1.82, 2.24) is 14.9 Å². The van der Waals surface area contributed by atoms with Crippen molar-refractivity contribution in [2.24, 2.45) is 0 Å². The highest BCUT2D eigenvalue weighted by molar-refractivity contribution is 6.31. The highest BCUT2D eigenvalue weighted by Crippen LogP contribution is 2.18. The van der Waals surface area contributed by atoms with Crippen LogP contribution in [-0.4, -0.2) is 21.4 Å². The fourth-order valence-corrected chi connectivity index (χ4v) is 3.65. The maximum absolute atomic E-state index is 12.9. The first-order chi connectivity index (χ1) is 15.9. The number of anilines is 1. The van der Waals surface area contributed by atoms with Crippen LogP contribution >= 0.6 is 11.6 Å². The molecule has 3 aromatic carbocycles. The number of hydrogen-bond donors (Lipinski definition) is 2. The van der Waals surface area contributed by atoms with Gasteiger partial charge in [0.05, 0.1) is 34.5 Å². The minimum absolute atomic E-state index is 0.212. The molecular formula is C25H21ClN4O3. The van der Waals surface area contributed by atoms with E-state index in [1.165, 1.54) is 17.0 Å². The normalized spacial score (nSPS) is 11.7. The molecule has 0 aliphatic heterocycles. The van der Waals surface area contributed by atoms with Gasteiger partial charge in [0.15, 0.2) is 0 Å². The number of amides is 2. The summed E-state index contributed by atoms with van der Waals surface area (Å²) in [5.41, 5.74) is 1.76. The van der Waals surface area contributed by atoms with Crippen LogP contribution in [0.2, 0.25) is 5.02 Å². The molecule has 0 aliphatic carbocycles. The highest BCUT2D eigenvalue weighted by atomic mass is 35.5. The Kier molecular flexibility index (Phi) is 6.51. The van der Waals surface area contributed by atoms with Crippen LogP contribution < -0.4 is 16.2 Å². The molecule has 0 spiro atoms. The largest absolute Gasteiger partial charge is 0.345 e. The molecule has 0 aliphatic rings. The van der Waals surface area contributed by atoms with Crippen LogP contribution in [-0.2, 0) is 11.3 Å². The van der Waals surface area contributed by atoms with Crippen molar-refractivity contribution in [2.75, 3.05) is 5.32 Å². The summed E-state index contributed by atoms with van der Waals surface area (Å²) in [6.45, 7) is 1.63.